The summed E-state index contributed by atoms with van der Waals surface area (Å²) in [6.07, 6.45) is 0. The Morgan fingerprint density at radius 3 is 2.88 bits per heavy atom. The van der Waals surface area contributed by atoms with Crippen LogP contribution in [0.1, 0.15) is 17.3 Å². The molecular weight excluding hydrogens is 374 g/mol. The number of nitrogens with zero attached hydrogens (tertiary/aromatic N) is 1. The molecule has 134 valence electrons. The number of H-pyrrole nitrogens is 1. The number of esters is 1. The average Bonchev–Trinajstić information content (AvgIpc) is 3.02. The molecule has 8 heteroatoms. The number of anilines is 1. The zero-order valence-corrected chi connectivity index (χ0v) is 15.5. The molecule has 0 fully saturated rings. The minimum absolute atomic E-state index is 0.144. The van der Waals surface area contributed by atoms with Crippen molar-refractivity contribution in [3.63, 3.8) is 0 Å². The van der Waals surface area contributed by atoms with Crippen LogP contribution in [0.25, 0.3) is 11.0 Å². The Labute approximate surface area is 159 Å². The van der Waals surface area contributed by atoms with Crippen LogP contribution in [0, 0.1) is 0 Å². The van der Waals surface area contributed by atoms with Crippen molar-refractivity contribution < 1.29 is 14.3 Å². The van der Waals surface area contributed by atoms with Crippen LogP contribution in [0.2, 0.25) is 5.02 Å². The number of ether oxygens (including phenoxy) is 1. The van der Waals surface area contributed by atoms with Gasteiger partial charge in [-0.25, -0.2) is 9.78 Å². The number of para-hydroxylation sites is 1. The fraction of sp³-hybridized carbons (Fsp3) is 0.167. The number of thioether (sulfide) groups is 1. The van der Waals surface area contributed by atoms with Crippen molar-refractivity contribution >= 4 is 52.0 Å². The lowest BCUT2D eigenvalue weighted by atomic mass is 10.2. The highest BCUT2D eigenvalue weighted by molar-refractivity contribution is 7.99. The van der Waals surface area contributed by atoms with E-state index in [9.17, 15) is 9.59 Å². The van der Waals surface area contributed by atoms with Gasteiger partial charge < -0.3 is 15.0 Å². The van der Waals surface area contributed by atoms with Gasteiger partial charge in [-0.05, 0) is 37.3 Å². The van der Waals surface area contributed by atoms with E-state index in [1.807, 2.05) is 6.07 Å². The Bertz CT molecular complexity index is 958. The molecule has 1 amide bonds. The summed E-state index contributed by atoms with van der Waals surface area (Å²) in [5.74, 6) is -0.569. The summed E-state index contributed by atoms with van der Waals surface area (Å²) in [7, 11) is 0. The van der Waals surface area contributed by atoms with Gasteiger partial charge >= 0.3 is 5.97 Å². The SMILES string of the molecule is CCOC(=O)c1ccccc1NC(=O)CSc1nc2ccc(Cl)cc2[nH]1. The van der Waals surface area contributed by atoms with Gasteiger partial charge in [-0.2, -0.15) is 0 Å². The molecular formula is C18H16ClN3O3S. The molecule has 0 aliphatic carbocycles. The molecule has 6 nitrogen and oxygen atoms in total. The Morgan fingerprint density at radius 2 is 2.08 bits per heavy atom. The van der Waals surface area contributed by atoms with Crippen LogP contribution in [0.3, 0.4) is 0 Å². The van der Waals surface area contributed by atoms with E-state index in [1.165, 1.54) is 11.8 Å². The highest BCUT2D eigenvalue weighted by atomic mass is 35.5. The molecule has 0 aliphatic rings. The lowest BCUT2D eigenvalue weighted by Gasteiger charge is -2.09. The van der Waals surface area contributed by atoms with Gasteiger partial charge in [0, 0.05) is 5.02 Å². The van der Waals surface area contributed by atoms with E-state index >= 15 is 0 Å². The molecule has 0 unspecified atom stereocenters. The maximum atomic E-state index is 12.2. The standard InChI is InChI=1S/C18H16ClN3O3S/c1-2-25-17(24)12-5-3-4-6-13(12)20-16(23)10-26-18-21-14-8-7-11(19)9-15(14)22-18/h3-9H,2,10H2,1H3,(H,20,23)(H,21,22). The Hall–Kier alpha value is -2.51. The number of rotatable bonds is 6. The predicted octanol–water partition coefficient (Wildman–Crippen LogP) is 4.12. The highest BCUT2D eigenvalue weighted by Crippen LogP contribution is 2.23. The molecule has 0 atom stereocenters. The third kappa shape index (κ3) is 4.36. The number of carbonyl (C=O) groups excluding carboxylic acids is 2. The van der Waals surface area contributed by atoms with Crippen molar-refractivity contribution in [2.24, 2.45) is 0 Å². The van der Waals surface area contributed by atoms with Crippen LogP contribution >= 0.6 is 23.4 Å². The summed E-state index contributed by atoms with van der Waals surface area (Å²) in [6.45, 7) is 2.00. The van der Waals surface area contributed by atoms with Gasteiger partial charge in [0.2, 0.25) is 5.91 Å². The molecule has 0 radical (unpaired) electrons. The van der Waals surface area contributed by atoms with Crippen LogP contribution in [0.15, 0.2) is 47.6 Å². The molecule has 3 aromatic rings. The summed E-state index contributed by atoms with van der Waals surface area (Å²) in [6, 6.07) is 12.1. The largest absolute Gasteiger partial charge is 0.462 e. The second-order valence-electron chi connectivity index (χ2n) is 5.31. The first kappa shape index (κ1) is 18.3. The highest BCUT2D eigenvalue weighted by Gasteiger charge is 2.14. The fourth-order valence-electron chi connectivity index (χ4n) is 2.33. The number of nitrogens with one attached hydrogen (secondary N) is 2. The minimum Gasteiger partial charge on any atom is -0.462 e. The van der Waals surface area contributed by atoms with Gasteiger partial charge in [0.25, 0.3) is 0 Å². The Balaban J connectivity index is 1.64. The van der Waals surface area contributed by atoms with Gasteiger partial charge in [-0.15, -0.1) is 0 Å². The number of benzene rings is 2. The van der Waals surface area contributed by atoms with E-state index in [-0.39, 0.29) is 18.3 Å². The van der Waals surface area contributed by atoms with Crippen LogP contribution < -0.4 is 5.32 Å². The summed E-state index contributed by atoms with van der Waals surface area (Å²) in [5, 5.41) is 3.98. The van der Waals surface area contributed by atoms with Gasteiger partial charge in [0.05, 0.1) is 34.6 Å². The minimum atomic E-state index is -0.467. The average molecular weight is 390 g/mol. The van der Waals surface area contributed by atoms with E-state index in [0.29, 0.717) is 21.4 Å². The summed E-state index contributed by atoms with van der Waals surface area (Å²) in [5.41, 5.74) is 2.34. The van der Waals surface area contributed by atoms with Gasteiger partial charge in [0.15, 0.2) is 5.16 Å². The van der Waals surface area contributed by atoms with Crippen molar-refractivity contribution in [1.29, 1.82) is 0 Å². The summed E-state index contributed by atoms with van der Waals surface area (Å²) >= 11 is 7.22. The number of aromatic nitrogens is 2. The number of imidazole rings is 1. The zero-order chi connectivity index (χ0) is 18.5. The number of carbonyl (C=O) groups is 2. The molecule has 2 N–H and O–H groups in total. The maximum Gasteiger partial charge on any atom is 0.340 e. The van der Waals surface area contributed by atoms with Gasteiger partial charge in [-0.1, -0.05) is 35.5 Å². The van der Waals surface area contributed by atoms with Crippen molar-refractivity contribution in [2.75, 3.05) is 17.7 Å². The topological polar surface area (TPSA) is 84.1 Å². The first-order valence-corrected chi connectivity index (χ1v) is 9.27. The number of hydrogen-bond acceptors (Lipinski definition) is 5. The monoisotopic (exact) mass is 389 g/mol. The van der Waals surface area contributed by atoms with Gasteiger partial charge in [0.1, 0.15) is 0 Å². The Morgan fingerprint density at radius 1 is 1.27 bits per heavy atom. The molecule has 0 aliphatic heterocycles. The van der Waals surface area contributed by atoms with Crippen LogP contribution in [-0.4, -0.2) is 34.2 Å². The molecule has 0 saturated carbocycles. The van der Waals surface area contributed by atoms with Crippen molar-refractivity contribution in [3.05, 3.63) is 53.1 Å². The van der Waals surface area contributed by atoms with E-state index < -0.39 is 5.97 Å². The normalized spacial score (nSPS) is 10.7. The van der Waals surface area contributed by atoms with Crippen molar-refractivity contribution in [3.8, 4) is 0 Å². The third-order valence-electron chi connectivity index (χ3n) is 3.46. The lowest BCUT2D eigenvalue weighted by molar-refractivity contribution is -0.113. The molecule has 0 saturated heterocycles. The molecule has 26 heavy (non-hydrogen) atoms. The lowest BCUT2D eigenvalue weighted by Crippen LogP contribution is -2.17. The first-order chi connectivity index (χ1) is 12.6. The molecule has 0 spiro atoms. The third-order valence-corrected chi connectivity index (χ3v) is 4.57. The predicted molar refractivity (Wildman–Crippen MR) is 103 cm³/mol. The first-order valence-electron chi connectivity index (χ1n) is 7.91. The number of amides is 1. The molecule has 1 aromatic heterocycles. The molecule has 3 rings (SSSR count). The number of halogens is 1. The Kier molecular flexibility index (Phi) is 5.80. The zero-order valence-electron chi connectivity index (χ0n) is 13.9. The van der Waals surface area contributed by atoms with Crippen molar-refractivity contribution in [2.45, 2.75) is 12.1 Å². The second kappa shape index (κ2) is 8.25. The van der Waals surface area contributed by atoms with Crippen LogP contribution in [0.4, 0.5) is 5.69 Å². The molecule has 2 aromatic carbocycles. The van der Waals surface area contributed by atoms with Crippen LogP contribution in [0.5, 0.6) is 0 Å². The van der Waals surface area contributed by atoms with E-state index in [0.717, 1.165) is 11.0 Å². The fourth-order valence-corrected chi connectivity index (χ4v) is 3.18. The number of fused-ring (bicyclic) bond motifs is 1. The van der Waals surface area contributed by atoms with Crippen molar-refractivity contribution in [1.82, 2.24) is 9.97 Å². The summed E-state index contributed by atoms with van der Waals surface area (Å²) < 4.78 is 5.00. The molecule has 1 heterocycles. The van der Waals surface area contributed by atoms with Gasteiger partial charge in [-0.3, -0.25) is 4.79 Å². The smallest absolute Gasteiger partial charge is 0.340 e. The summed E-state index contributed by atoms with van der Waals surface area (Å²) in [4.78, 5) is 31.7. The van der Waals surface area contributed by atoms with E-state index in [1.54, 1.807) is 43.3 Å². The maximum absolute atomic E-state index is 12.2. The second-order valence-corrected chi connectivity index (χ2v) is 6.71. The van der Waals surface area contributed by atoms with E-state index in [2.05, 4.69) is 15.3 Å². The molecule has 0 bridgehead atoms. The van der Waals surface area contributed by atoms with Crippen LogP contribution in [-0.2, 0) is 9.53 Å². The number of aromatic amines is 1. The number of hydrogen-bond donors (Lipinski definition) is 2. The van der Waals surface area contributed by atoms with E-state index in [4.69, 9.17) is 16.3 Å². The quantitative estimate of drug-likeness (QED) is 0.489.